The van der Waals surface area contributed by atoms with Gasteiger partial charge in [0, 0.05) is 17.1 Å². The summed E-state index contributed by atoms with van der Waals surface area (Å²) in [4.78, 5) is 0. The van der Waals surface area contributed by atoms with Crippen molar-refractivity contribution < 1.29 is 9.50 Å². The molecule has 1 aliphatic rings. The smallest absolute Gasteiger partial charge is 0.127 e. The summed E-state index contributed by atoms with van der Waals surface area (Å²) >= 11 is 3.31. The van der Waals surface area contributed by atoms with Gasteiger partial charge in [-0.15, -0.1) is 0 Å². The van der Waals surface area contributed by atoms with Crippen molar-refractivity contribution in [3.8, 4) is 0 Å². The van der Waals surface area contributed by atoms with Crippen LogP contribution in [-0.2, 0) is 6.42 Å². The molecule has 0 heterocycles. The average molecular weight is 288 g/mol. The van der Waals surface area contributed by atoms with E-state index in [1.165, 1.54) is 6.07 Å². The van der Waals surface area contributed by atoms with E-state index in [1.54, 1.807) is 6.92 Å². The van der Waals surface area contributed by atoms with Crippen LogP contribution in [0.25, 0.3) is 0 Å². The highest BCUT2D eigenvalue weighted by molar-refractivity contribution is 9.10. The van der Waals surface area contributed by atoms with Crippen LogP contribution in [0.2, 0.25) is 0 Å². The number of fused-ring (bicyclic) bond motifs is 1. The summed E-state index contributed by atoms with van der Waals surface area (Å²) in [5, 5.41) is 12.5. The van der Waals surface area contributed by atoms with Gasteiger partial charge in [0.1, 0.15) is 5.82 Å². The van der Waals surface area contributed by atoms with Gasteiger partial charge in [-0.25, -0.2) is 4.39 Å². The molecule has 2 atom stereocenters. The van der Waals surface area contributed by atoms with Crippen LogP contribution in [0.3, 0.4) is 0 Å². The highest BCUT2D eigenvalue weighted by Crippen LogP contribution is 2.34. The summed E-state index contributed by atoms with van der Waals surface area (Å²) in [5.41, 5.74) is 1.83. The lowest BCUT2D eigenvalue weighted by atomic mass is 10.1. The minimum absolute atomic E-state index is 0.134. The number of rotatable bonds is 3. The first kappa shape index (κ1) is 12.0. The molecule has 0 aliphatic heterocycles. The van der Waals surface area contributed by atoms with E-state index in [-0.39, 0.29) is 18.0 Å². The molecule has 0 saturated heterocycles. The normalized spacial score (nSPS) is 20.9. The van der Waals surface area contributed by atoms with E-state index in [0.717, 1.165) is 28.4 Å². The molecule has 0 fully saturated rings. The maximum absolute atomic E-state index is 13.6. The molecule has 0 radical (unpaired) electrons. The SMILES string of the molecule is C[C@H](O)CNC1CCc2c(F)cc(Br)cc21. The van der Waals surface area contributed by atoms with Crippen LogP contribution in [-0.4, -0.2) is 17.8 Å². The first-order valence-corrected chi connectivity index (χ1v) is 6.26. The molecule has 0 amide bonds. The van der Waals surface area contributed by atoms with Gasteiger partial charge in [0.15, 0.2) is 0 Å². The van der Waals surface area contributed by atoms with Gasteiger partial charge in [0.05, 0.1) is 6.10 Å². The Labute approximate surface area is 103 Å². The third kappa shape index (κ3) is 2.44. The maximum Gasteiger partial charge on any atom is 0.127 e. The average Bonchev–Trinajstić information content (AvgIpc) is 2.58. The van der Waals surface area contributed by atoms with Gasteiger partial charge in [0.25, 0.3) is 0 Å². The number of aliphatic hydroxyl groups is 1. The van der Waals surface area contributed by atoms with Crippen molar-refractivity contribution in [3.05, 3.63) is 33.5 Å². The molecule has 1 aromatic carbocycles. The lowest BCUT2D eigenvalue weighted by Gasteiger charge is -2.15. The Morgan fingerprint density at radius 2 is 2.38 bits per heavy atom. The van der Waals surface area contributed by atoms with Crippen LogP contribution in [0, 0.1) is 5.82 Å². The zero-order valence-electron chi connectivity index (χ0n) is 9.13. The molecule has 0 aromatic heterocycles. The van der Waals surface area contributed by atoms with Crippen LogP contribution < -0.4 is 5.32 Å². The number of hydrogen-bond donors (Lipinski definition) is 2. The second-order valence-electron chi connectivity index (χ2n) is 4.30. The molecule has 88 valence electrons. The number of hydrogen-bond acceptors (Lipinski definition) is 2. The van der Waals surface area contributed by atoms with Gasteiger partial charge >= 0.3 is 0 Å². The number of aliphatic hydroxyl groups excluding tert-OH is 1. The van der Waals surface area contributed by atoms with Gasteiger partial charge in [-0.1, -0.05) is 15.9 Å². The van der Waals surface area contributed by atoms with E-state index < -0.39 is 0 Å². The number of halogens is 2. The molecular formula is C12H15BrFNO. The number of benzene rings is 1. The lowest BCUT2D eigenvalue weighted by molar-refractivity contribution is 0.186. The van der Waals surface area contributed by atoms with E-state index in [9.17, 15) is 9.50 Å². The van der Waals surface area contributed by atoms with Crippen molar-refractivity contribution in [2.75, 3.05) is 6.54 Å². The van der Waals surface area contributed by atoms with E-state index in [4.69, 9.17) is 0 Å². The first-order valence-electron chi connectivity index (χ1n) is 5.47. The Balaban J connectivity index is 2.19. The van der Waals surface area contributed by atoms with Crippen LogP contribution in [0.4, 0.5) is 4.39 Å². The Hall–Kier alpha value is -0.450. The van der Waals surface area contributed by atoms with E-state index >= 15 is 0 Å². The van der Waals surface area contributed by atoms with Gasteiger partial charge < -0.3 is 10.4 Å². The quantitative estimate of drug-likeness (QED) is 0.896. The second-order valence-corrected chi connectivity index (χ2v) is 5.22. The van der Waals surface area contributed by atoms with E-state index in [0.29, 0.717) is 6.54 Å². The van der Waals surface area contributed by atoms with Crippen molar-refractivity contribution in [1.82, 2.24) is 5.32 Å². The predicted molar refractivity (Wildman–Crippen MR) is 64.8 cm³/mol. The Morgan fingerprint density at radius 1 is 1.62 bits per heavy atom. The molecule has 2 N–H and O–H groups in total. The molecule has 0 saturated carbocycles. The van der Waals surface area contributed by atoms with E-state index in [2.05, 4.69) is 21.2 Å². The minimum Gasteiger partial charge on any atom is -0.392 e. The van der Waals surface area contributed by atoms with Gasteiger partial charge in [-0.3, -0.25) is 0 Å². The molecule has 4 heteroatoms. The van der Waals surface area contributed by atoms with Crippen LogP contribution >= 0.6 is 15.9 Å². The third-order valence-electron chi connectivity index (χ3n) is 2.91. The summed E-state index contributed by atoms with van der Waals surface area (Å²) in [6.07, 6.45) is 1.29. The van der Waals surface area contributed by atoms with Crippen molar-refractivity contribution in [2.45, 2.75) is 31.9 Å². The molecular weight excluding hydrogens is 273 g/mol. The highest BCUT2D eigenvalue weighted by Gasteiger charge is 2.25. The topological polar surface area (TPSA) is 32.3 Å². The fraction of sp³-hybridized carbons (Fsp3) is 0.500. The monoisotopic (exact) mass is 287 g/mol. The molecule has 1 aromatic rings. The largest absolute Gasteiger partial charge is 0.392 e. The van der Waals surface area contributed by atoms with Crippen LogP contribution in [0.5, 0.6) is 0 Å². The molecule has 2 rings (SSSR count). The van der Waals surface area contributed by atoms with Crippen LogP contribution in [0.15, 0.2) is 16.6 Å². The predicted octanol–water partition coefficient (Wildman–Crippen LogP) is 2.55. The summed E-state index contributed by atoms with van der Waals surface area (Å²) in [6, 6.07) is 3.64. The van der Waals surface area contributed by atoms with Gasteiger partial charge in [-0.05, 0) is 43.0 Å². The Kier molecular flexibility index (Phi) is 3.62. The standard InChI is InChI=1S/C12H15BrFNO/c1-7(16)6-15-12-3-2-9-10(12)4-8(13)5-11(9)14/h4-5,7,12,15-16H,2-3,6H2,1H3/t7-,12?/m0/s1. The van der Waals surface area contributed by atoms with Gasteiger partial charge in [-0.2, -0.15) is 0 Å². The molecule has 1 aliphatic carbocycles. The van der Waals surface area contributed by atoms with Crippen molar-refractivity contribution in [3.63, 3.8) is 0 Å². The lowest BCUT2D eigenvalue weighted by Crippen LogP contribution is -2.27. The zero-order chi connectivity index (χ0) is 11.7. The minimum atomic E-state index is -0.374. The summed E-state index contributed by atoms with van der Waals surface area (Å²) < 4.78 is 14.4. The number of nitrogens with one attached hydrogen (secondary N) is 1. The second kappa shape index (κ2) is 4.82. The van der Waals surface area contributed by atoms with E-state index in [1.807, 2.05) is 6.07 Å². The first-order chi connectivity index (χ1) is 7.58. The Morgan fingerprint density at radius 3 is 3.06 bits per heavy atom. The summed E-state index contributed by atoms with van der Waals surface area (Å²) in [6.45, 7) is 2.28. The molecule has 0 spiro atoms. The van der Waals surface area contributed by atoms with Gasteiger partial charge in [0.2, 0.25) is 0 Å². The van der Waals surface area contributed by atoms with Crippen molar-refractivity contribution in [2.24, 2.45) is 0 Å². The fourth-order valence-corrected chi connectivity index (χ4v) is 2.61. The highest BCUT2D eigenvalue weighted by atomic mass is 79.9. The van der Waals surface area contributed by atoms with Crippen molar-refractivity contribution >= 4 is 15.9 Å². The molecule has 16 heavy (non-hydrogen) atoms. The van der Waals surface area contributed by atoms with Crippen molar-refractivity contribution in [1.29, 1.82) is 0 Å². The molecule has 0 bridgehead atoms. The fourth-order valence-electron chi connectivity index (χ4n) is 2.17. The molecule has 2 nitrogen and oxygen atoms in total. The zero-order valence-corrected chi connectivity index (χ0v) is 10.7. The summed E-state index contributed by atoms with van der Waals surface area (Å²) in [5.74, 6) is -0.134. The third-order valence-corrected chi connectivity index (χ3v) is 3.37. The Bertz CT molecular complexity index is 395. The van der Waals surface area contributed by atoms with Crippen LogP contribution in [0.1, 0.15) is 30.5 Å². The maximum atomic E-state index is 13.6. The summed E-state index contributed by atoms with van der Waals surface area (Å²) in [7, 11) is 0. The molecule has 1 unspecified atom stereocenters.